The number of ether oxygens (including phenoxy) is 4. The van der Waals surface area contributed by atoms with Gasteiger partial charge in [-0.2, -0.15) is 9.98 Å². The molecule has 0 bridgehead atoms. The highest BCUT2D eigenvalue weighted by atomic mass is 16.6. The smallest absolute Gasteiger partial charge is 0.374 e. The van der Waals surface area contributed by atoms with Gasteiger partial charge < -0.3 is 39.4 Å². The predicted molar refractivity (Wildman–Crippen MR) is 165 cm³/mol. The maximum Gasteiger partial charge on any atom is 0.374 e. The minimum absolute atomic E-state index is 0.0859. The number of imidazole rings is 1. The molecule has 2 aromatic rings. The van der Waals surface area contributed by atoms with Crippen molar-refractivity contribution in [2.75, 3.05) is 27.0 Å². The molecule has 0 radical (unpaired) electrons. The summed E-state index contributed by atoms with van der Waals surface area (Å²) in [5, 5.41) is 51.3. The van der Waals surface area contributed by atoms with Crippen molar-refractivity contribution < 1.29 is 49.1 Å². The second kappa shape index (κ2) is 12.7. The second-order valence-corrected chi connectivity index (χ2v) is 11.4. The predicted octanol–water partition coefficient (Wildman–Crippen LogP) is -0.832. The number of carbonyl (C=O) groups excluding carboxylic acids is 1. The lowest BCUT2D eigenvalue weighted by molar-refractivity contribution is -0.730. The van der Waals surface area contributed by atoms with Crippen molar-refractivity contribution in [2.45, 2.75) is 58.0 Å². The molecule has 16 nitrogen and oxygen atoms in total. The Morgan fingerprint density at radius 2 is 2.13 bits per heavy atom. The van der Waals surface area contributed by atoms with Crippen LogP contribution in [0.5, 0.6) is 17.2 Å². The SMILES string of the molecule is CCOC(=O)C1=CC(=CCn2ccnc2[NH+]2CN=C3C([O-])=NC(=N)N=C32)c2c(OC)c3c(c(CO)c2O1)O[C@H]([C@](C)(O)CCCO)C3. The topological polar surface area (TPSA) is 221 Å². The number of quaternary nitrogens is 1. The number of methoxy groups -OCH3 is 1. The number of aliphatic hydroxyl groups is 3. The van der Waals surface area contributed by atoms with Crippen molar-refractivity contribution in [3.8, 4) is 17.2 Å². The molecule has 16 heteroatoms. The number of hydrogen-bond acceptors (Lipinski definition) is 12. The Morgan fingerprint density at radius 3 is 2.85 bits per heavy atom. The fraction of sp³-hybridized carbons (Fsp3) is 0.419. The molecule has 47 heavy (non-hydrogen) atoms. The van der Waals surface area contributed by atoms with Crippen molar-refractivity contribution in [2.24, 2.45) is 15.0 Å². The third kappa shape index (κ3) is 5.69. The number of aliphatic imine (C=N–C) groups is 3. The maximum atomic E-state index is 13.0. The van der Waals surface area contributed by atoms with Gasteiger partial charge in [0.1, 0.15) is 23.4 Å². The largest absolute Gasteiger partial charge is 0.857 e. The summed E-state index contributed by atoms with van der Waals surface area (Å²) >= 11 is 0. The number of aromatic nitrogens is 2. The Bertz CT molecular complexity index is 1790. The Balaban J connectivity index is 1.41. The molecule has 0 saturated heterocycles. The van der Waals surface area contributed by atoms with E-state index in [2.05, 4.69) is 20.0 Å². The van der Waals surface area contributed by atoms with E-state index in [1.54, 1.807) is 30.8 Å². The number of rotatable bonds is 11. The van der Waals surface area contributed by atoms with Gasteiger partial charge in [-0.15, -0.1) is 0 Å². The quantitative estimate of drug-likeness (QED) is 0.190. The van der Waals surface area contributed by atoms with Gasteiger partial charge in [0.25, 0.3) is 5.84 Å². The molecule has 5 heterocycles. The minimum atomic E-state index is -1.30. The minimum Gasteiger partial charge on any atom is -0.857 e. The molecule has 0 amide bonds. The Hall–Kier alpha value is -4.90. The molecule has 5 N–H and O–H groups in total. The molecule has 3 atom stereocenters. The van der Waals surface area contributed by atoms with E-state index in [9.17, 15) is 25.2 Å². The summed E-state index contributed by atoms with van der Waals surface area (Å²) in [4.78, 5) is 30.0. The fourth-order valence-electron chi connectivity index (χ4n) is 6.12. The fourth-order valence-corrected chi connectivity index (χ4v) is 6.12. The lowest BCUT2D eigenvalue weighted by atomic mass is 9.88. The van der Waals surface area contributed by atoms with E-state index in [4.69, 9.17) is 24.4 Å². The van der Waals surface area contributed by atoms with Crippen molar-refractivity contribution in [1.82, 2.24) is 9.55 Å². The molecule has 1 unspecified atom stereocenters. The van der Waals surface area contributed by atoms with Gasteiger partial charge in [-0.05, 0) is 38.3 Å². The molecular weight excluding hydrogens is 614 g/mol. The van der Waals surface area contributed by atoms with Crippen LogP contribution in [0.25, 0.3) is 5.57 Å². The van der Waals surface area contributed by atoms with Crippen LogP contribution in [-0.4, -0.2) is 92.9 Å². The molecule has 1 aromatic carbocycles. The molecule has 0 aliphatic carbocycles. The summed E-state index contributed by atoms with van der Waals surface area (Å²) < 4.78 is 25.3. The van der Waals surface area contributed by atoms with E-state index in [1.807, 2.05) is 6.08 Å². The van der Waals surface area contributed by atoms with E-state index >= 15 is 0 Å². The number of amidine groups is 1. The van der Waals surface area contributed by atoms with E-state index < -0.39 is 36.1 Å². The first-order valence-corrected chi connectivity index (χ1v) is 15.1. The van der Waals surface area contributed by atoms with E-state index in [-0.39, 0.29) is 67.9 Å². The number of fused-ring (bicyclic) bond motifs is 3. The van der Waals surface area contributed by atoms with E-state index in [0.29, 0.717) is 45.5 Å². The van der Waals surface area contributed by atoms with Crippen molar-refractivity contribution in [3.63, 3.8) is 0 Å². The monoisotopic (exact) mass is 649 g/mol. The number of allylic oxidation sites excluding steroid dienone is 3. The van der Waals surface area contributed by atoms with Crippen molar-refractivity contribution in [1.29, 1.82) is 5.41 Å². The molecule has 4 aliphatic rings. The van der Waals surface area contributed by atoms with Crippen molar-refractivity contribution >= 4 is 40.9 Å². The molecule has 248 valence electrons. The van der Waals surface area contributed by atoms with E-state index in [0.717, 1.165) is 0 Å². The summed E-state index contributed by atoms with van der Waals surface area (Å²) in [5.74, 6) is -0.241. The van der Waals surface area contributed by atoms with Crippen LogP contribution in [0.2, 0.25) is 0 Å². The molecule has 0 spiro atoms. The zero-order valence-corrected chi connectivity index (χ0v) is 26.1. The van der Waals surface area contributed by atoms with E-state index in [1.165, 1.54) is 13.2 Å². The van der Waals surface area contributed by atoms with Crippen LogP contribution in [0.1, 0.15) is 43.4 Å². The number of benzene rings is 1. The van der Waals surface area contributed by atoms with Crippen LogP contribution < -0.4 is 24.2 Å². The van der Waals surface area contributed by atoms with Gasteiger partial charge in [0.15, 0.2) is 12.4 Å². The third-order valence-electron chi connectivity index (χ3n) is 8.39. The first-order chi connectivity index (χ1) is 22.6. The van der Waals surface area contributed by atoms with Gasteiger partial charge in [0.05, 0.1) is 43.2 Å². The van der Waals surface area contributed by atoms with Gasteiger partial charge >= 0.3 is 11.9 Å². The first kappa shape index (κ1) is 32.1. The van der Waals surface area contributed by atoms with Crippen LogP contribution in [0.15, 0.2) is 45.3 Å². The number of nitrogens with zero attached hydrogens (tertiary/aromatic N) is 5. The number of carbonyl (C=O) groups is 1. The van der Waals surface area contributed by atoms with Gasteiger partial charge in [0, 0.05) is 37.2 Å². The molecule has 6 rings (SSSR count). The van der Waals surface area contributed by atoms with Crippen LogP contribution in [0.3, 0.4) is 0 Å². The zero-order chi connectivity index (χ0) is 33.5. The average molecular weight is 650 g/mol. The van der Waals surface area contributed by atoms with Crippen LogP contribution >= 0.6 is 0 Å². The number of guanidine groups is 1. The Kier molecular flexibility index (Phi) is 8.67. The Morgan fingerprint density at radius 1 is 1.32 bits per heavy atom. The molecular formula is C31H35N7O9. The maximum absolute atomic E-state index is 13.0. The number of nitrogens with one attached hydrogen (secondary N) is 2. The highest BCUT2D eigenvalue weighted by molar-refractivity contribution is 6.66. The highest BCUT2D eigenvalue weighted by Crippen LogP contribution is 2.53. The normalized spacial score (nSPS) is 21.7. The lowest BCUT2D eigenvalue weighted by Crippen LogP contribution is -3.10. The summed E-state index contributed by atoms with van der Waals surface area (Å²) in [6.45, 7) is 3.20. The van der Waals surface area contributed by atoms with Gasteiger partial charge in [-0.1, -0.05) is 6.08 Å². The molecule has 1 aromatic heterocycles. The average Bonchev–Trinajstić information content (AvgIpc) is 3.80. The van der Waals surface area contributed by atoms with Crippen LogP contribution in [0, 0.1) is 5.41 Å². The zero-order valence-electron chi connectivity index (χ0n) is 26.1. The highest BCUT2D eigenvalue weighted by Gasteiger charge is 2.44. The van der Waals surface area contributed by atoms with Crippen molar-refractivity contribution in [3.05, 3.63) is 47.0 Å². The standard InChI is InChI=1S/C31H35N7O9/c1-4-45-28(42)19-12-16(6-9-37-10-8-33-30(37)38-15-34-22-26(38)35-29(32)36-27(22)41)21-24(44-3)17-13-20(31(2,43)7-5-11-39)47-23(17)18(14-40)25(21)46-19/h6,8,10,12,20,39-40,43H,4-5,7,9,11,13-15H2,1-3H3,(H2,32,36,41)/t20-,31+/m0/s1. The summed E-state index contributed by atoms with van der Waals surface area (Å²) in [6, 6.07) is 0. The molecule has 0 saturated carbocycles. The number of hydrogen-bond donors (Lipinski definition) is 5. The third-order valence-corrected chi connectivity index (χ3v) is 8.39. The summed E-state index contributed by atoms with van der Waals surface area (Å²) in [7, 11) is 1.49. The second-order valence-electron chi connectivity index (χ2n) is 11.4. The summed E-state index contributed by atoms with van der Waals surface area (Å²) in [6.07, 6.45) is 6.90. The van der Waals surface area contributed by atoms with Crippen LogP contribution in [0.4, 0.5) is 5.95 Å². The van der Waals surface area contributed by atoms with Crippen LogP contribution in [-0.2, 0) is 29.1 Å². The summed E-state index contributed by atoms with van der Waals surface area (Å²) in [5.41, 5.74) is 0.690. The Labute approximate surface area is 269 Å². The van der Waals surface area contributed by atoms with Gasteiger partial charge in [-0.25, -0.2) is 19.7 Å². The van der Waals surface area contributed by atoms with Gasteiger partial charge in [0.2, 0.25) is 11.7 Å². The molecule has 0 fully saturated rings. The lowest BCUT2D eigenvalue weighted by Gasteiger charge is -2.29. The number of aliphatic hydroxyl groups excluding tert-OH is 2. The number of esters is 1. The van der Waals surface area contributed by atoms with Gasteiger partial charge in [-0.3, -0.25) is 9.98 Å². The molecule has 4 aliphatic heterocycles. The first-order valence-electron chi connectivity index (χ1n) is 15.1.